The smallest absolute Gasteiger partial charge is 0.272 e. The molecule has 0 unspecified atom stereocenters. The summed E-state index contributed by atoms with van der Waals surface area (Å²) >= 11 is 0. The van der Waals surface area contributed by atoms with Crippen LogP contribution in [0.3, 0.4) is 0 Å². The van der Waals surface area contributed by atoms with E-state index in [-0.39, 0.29) is 18.2 Å². The van der Waals surface area contributed by atoms with E-state index in [9.17, 15) is 13.2 Å². The molecule has 3 aromatic rings. The molecule has 1 amide bonds. The number of sulfone groups is 1. The quantitative estimate of drug-likeness (QED) is 0.577. The van der Waals surface area contributed by atoms with Gasteiger partial charge in [-0.3, -0.25) is 19.5 Å². The lowest BCUT2D eigenvalue weighted by molar-refractivity contribution is 0.0949. The zero-order valence-electron chi connectivity index (χ0n) is 16.7. The summed E-state index contributed by atoms with van der Waals surface area (Å²) in [4.78, 5) is 21.4. The van der Waals surface area contributed by atoms with Crippen LogP contribution >= 0.6 is 0 Å². The third kappa shape index (κ3) is 4.18. The van der Waals surface area contributed by atoms with Crippen LogP contribution in [-0.2, 0) is 23.4 Å². The summed E-state index contributed by atoms with van der Waals surface area (Å²) in [5.41, 5.74) is 3.85. The number of amides is 1. The van der Waals surface area contributed by atoms with E-state index in [0.717, 1.165) is 33.7 Å². The Labute approximate surface area is 174 Å². The minimum Gasteiger partial charge on any atom is -0.351 e. The first-order valence-corrected chi connectivity index (χ1v) is 11.6. The zero-order valence-corrected chi connectivity index (χ0v) is 17.5. The molecule has 0 radical (unpaired) electrons. The molecule has 1 aliphatic rings. The lowest BCUT2D eigenvalue weighted by atomic mass is 10.1. The second kappa shape index (κ2) is 7.86. The Kier molecular flexibility index (Phi) is 5.25. The van der Waals surface area contributed by atoms with Gasteiger partial charge in [0.25, 0.3) is 5.91 Å². The van der Waals surface area contributed by atoms with Crippen molar-refractivity contribution in [3.05, 3.63) is 53.5 Å². The van der Waals surface area contributed by atoms with Gasteiger partial charge >= 0.3 is 0 Å². The largest absolute Gasteiger partial charge is 0.351 e. The number of anilines is 1. The van der Waals surface area contributed by atoms with Crippen molar-refractivity contribution >= 4 is 38.2 Å². The number of carbonyl (C=O) groups excluding carboxylic acids is 1. The van der Waals surface area contributed by atoms with Crippen molar-refractivity contribution in [2.45, 2.75) is 13.0 Å². The molecule has 0 fully saturated rings. The average molecular weight is 427 g/mol. The summed E-state index contributed by atoms with van der Waals surface area (Å²) in [6, 6.07) is 9.52. The number of aryl methyl sites for hydroxylation is 1. The first-order chi connectivity index (χ1) is 14.3. The van der Waals surface area contributed by atoms with Crippen molar-refractivity contribution < 1.29 is 13.2 Å². The zero-order chi connectivity index (χ0) is 21.3. The van der Waals surface area contributed by atoms with E-state index in [1.54, 1.807) is 17.9 Å². The molecule has 3 heterocycles. The Bertz CT molecular complexity index is 1260. The second-order valence-corrected chi connectivity index (χ2v) is 9.50. The maximum Gasteiger partial charge on any atom is 0.272 e. The van der Waals surface area contributed by atoms with Gasteiger partial charge in [0.1, 0.15) is 15.5 Å². The normalized spacial score (nSPS) is 13.2. The van der Waals surface area contributed by atoms with Gasteiger partial charge in [0, 0.05) is 42.7 Å². The molecule has 1 aromatic carbocycles. The molecule has 2 aromatic heterocycles. The van der Waals surface area contributed by atoms with Gasteiger partial charge in [0.15, 0.2) is 11.5 Å². The fraction of sp³-hybridized carbons (Fsp3) is 0.300. The van der Waals surface area contributed by atoms with Crippen molar-refractivity contribution in [3.8, 4) is 0 Å². The minimum absolute atomic E-state index is 0.0349. The van der Waals surface area contributed by atoms with Gasteiger partial charge in [0.05, 0.1) is 17.8 Å². The molecular weight excluding hydrogens is 404 g/mol. The van der Waals surface area contributed by atoms with Gasteiger partial charge in [-0.25, -0.2) is 8.42 Å². The highest BCUT2D eigenvalue weighted by Crippen LogP contribution is 2.24. The number of nitrogens with zero attached hydrogens (tertiary/aromatic N) is 4. The van der Waals surface area contributed by atoms with E-state index >= 15 is 0 Å². The van der Waals surface area contributed by atoms with Crippen LogP contribution in [0.5, 0.6) is 0 Å². The van der Waals surface area contributed by atoms with Crippen LogP contribution in [-0.4, -0.2) is 53.5 Å². The number of aliphatic imine (C=N–C) groups is 1. The van der Waals surface area contributed by atoms with Gasteiger partial charge in [-0.1, -0.05) is 6.07 Å². The van der Waals surface area contributed by atoms with Crippen molar-refractivity contribution in [2.24, 2.45) is 12.0 Å². The van der Waals surface area contributed by atoms with E-state index in [1.165, 1.54) is 6.26 Å². The van der Waals surface area contributed by atoms with Crippen LogP contribution in [0.2, 0.25) is 0 Å². The fourth-order valence-corrected chi connectivity index (χ4v) is 4.05. The van der Waals surface area contributed by atoms with Gasteiger partial charge in [0.2, 0.25) is 0 Å². The molecule has 0 spiro atoms. The first kappa shape index (κ1) is 20.0. The van der Waals surface area contributed by atoms with Gasteiger partial charge in [-0.15, -0.1) is 0 Å². The van der Waals surface area contributed by atoms with Crippen LogP contribution < -0.4 is 10.6 Å². The number of rotatable bonds is 6. The number of aromatic nitrogens is 3. The number of hydrogen-bond acceptors (Lipinski definition) is 7. The number of carbonyl (C=O) groups is 1. The maximum absolute atomic E-state index is 12.5. The van der Waals surface area contributed by atoms with E-state index < -0.39 is 9.84 Å². The number of fused-ring (bicyclic) bond motifs is 2. The summed E-state index contributed by atoms with van der Waals surface area (Å²) in [6.07, 6.45) is 3.28. The molecule has 0 aliphatic carbocycles. The van der Waals surface area contributed by atoms with E-state index in [2.05, 4.69) is 25.7 Å². The summed E-state index contributed by atoms with van der Waals surface area (Å²) in [6.45, 7) is 0.874. The molecule has 9 nitrogen and oxygen atoms in total. The van der Waals surface area contributed by atoms with E-state index in [1.807, 2.05) is 30.3 Å². The minimum atomic E-state index is -3.04. The van der Waals surface area contributed by atoms with Gasteiger partial charge < -0.3 is 10.6 Å². The molecule has 156 valence electrons. The SMILES string of the molecule is Cn1nc(C(=O)NCCCS(C)(=O)=O)c2ccc(NC3=NCc4cccnc43)cc21. The van der Waals surface area contributed by atoms with E-state index in [0.29, 0.717) is 18.7 Å². The summed E-state index contributed by atoms with van der Waals surface area (Å²) in [5, 5.41) is 11.1. The van der Waals surface area contributed by atoms with Crippen LogP contribution in [0, 0.1) is 0 Å². The molecular formula is C20H22N6O3S. The average Bonchev–Trinajstić information content (AvgIpc) is 3.26. The predicted molar refractivity (Wildman–Crippen MR) is 115 cm³/mol. The number of amidine groups is 1. The van der Waals surface area contributed by atoms with Crippen molar-refractivity contribution in [3.63, 3.8) is 0 Å². The topological polar surface area (TPSA) is 118 Å². The lowest BCUT2D eigenvalue weighted by Gasteiger charge is -2.07. The number of nitrogens with one attached hydrogen (secondary N) is 2. The standard InChI is InChI=1S/C20H22N6O3S/c1-26-16-11-14(24-19-17-13(12-23-19)5-3-8-21-17)6-7-15(16)18(25-26)20(27)22-9-4-10-30(2,28)29/h3,5-8,11H,4,9-10,12H2,1-2H3,(H,22,27)(H,23,24). The maximum atomic E-state index is 12.5. The monoisotopic (exact) mass is 426 g/mol. The Balaban J connectivity index is 1.50. The van der Waals surface area contributed by atoms with Crippen LogP contribution in [0.25, 0.3) is 10.9 Å². The summed E-state index contributed by atoms with van der Waals surface area (Å²) in [5.74, 6) is 0.428. The van der Waals surface area contributed by atoms with Crippen molar-refractivity contribution in [1.29, 1.82) is 0 Å². The molecule has 0 saturated carbocycles. The molecule has 1 aliphatic heterocycles. The second-order valence-electron chi connectivity index (χ2n) is 7.24. The Morgan fingerprint density at radius 1 is 1.27 bits per heavy atom. The number of benzene rings is 1. The summed E-state index contributed by atoms with van der Waals surface area (Å²) in [7, 11) is -1.27. The van der Waals surface area contributed by atoms with Crippen molar-refractivity contribution in [2.75, 3.05) is 23.9 Å². The Morgan fingerprint density at radius 2 is 2.10 bits per heavy atom. The molecule has 2 N–H and O–H groups in total. The van der Waals surface area contributed by atoms with Crippen LogP contribution in [0.1, 0.15) is 28.2 Å². The number of hydrogen-bond donors (Lipinski definition) is 2. The molecule has 0 bridgehead atoms. The Morgan fingerprint density at radius 3 is 2.90 bits per heavy atom. The highest BCUT2D eigenvalue weighted by molar-refractivity contribution is 7.90. The van der Waals surface area contributed by atoms with Crippen LogP contribution in [0.4, 0.5) is 5.69 Å². The lowest BCUT2D eigenvalue weighted by Crippen LogP contribution is -2.26. The number of pyridine rings is 1. The van der Waals surface area contributed by atoms with Crippen molar-refractivity contribution in [1.82, 2.24) is 20.1 Å². The van der Waals surface area contributed by atoms with Gasteiger partial charge in [-0.2, -0.15) is 5.10 Å². The highest BCUT2D eigenvalue weighted by atomic mass is 32.2. The third-order valence-electron chi connectivity index (χ3n) is 4.83. The molecule has 0 saturated heterocycles. The van der Waals surface area contributed by atoms with Gasteiger partial charge in [-0.05, 0) is 30.7 Å². The fourth-order valence-electron chi connectivity index (χ4n) is 3.38. The van der Waals surface area contributed by atoms with E-state index in [4.69, 9.17) is 0 Å². The van der Waals surface area contributed by atoms with Crippen LogP contribution in [0.15, 0.2) is 41.5 Å². The molecule has 0 atom stereocenters. The molecule has 10 heteroatoms. The highest BCUT2D eigenvalue weighted by Gasteiger charge is 2.19. The third-order valence-corrected chi connectivity index (χ3v) is 5.86. The first-order valence-electron chi connectivity index (χ1n) is 9.50. The summed E-state index contributed by atoms with van der Waals surface area (Å²) < 4.78 is 24.0. The molecule has 30 heavy (non-hydrogen) atoms. The predicted octanol–water partition coefficient (Wildman–Crippen LogP) is 1.51. The Hall–Kier alpha value is -3.27. The molecule has 4 rings (SSSR count).